The van der Waals surface area contributed by atoms with Gasteiger partial charge in [0.25, 0.3) is 11.5 Å². The van der Waals surface area contributed by atoms with Gasteiger partial charge in [-0.15, -0.1) is 0 Å². The first-order chi connectivity index (χ1) is 10.6. The van der Waals surface area contributed by atoms with E-state index in [0.29, 0.717) is 24.6 Å². The number of amides is 1. The SMILES string of the molecule is CC1CC(CN)CN1C(=O)c1cc2c([nH]c1=O)CCCCC2. The zero-order valence-electron chi connectivity index (χ0n) is 13.2. The Bertz CT molecular complexity index is 623. The summed E-state index contributed by atoms with van der Waals surface area (Å²) in [5, 5.41) is 0. The van der Waals surface area contributed by atoms with Gasteiger partial charge in [0.2, 0.25) is 0 Å². The van der Waals surface area contributed by atoms with Crippen molar-refractivity contribution in [3.8, 4) is 0 Å². The molecular formula is C17H25N3O2. The number of carbonyl (C=O) groups excluding carboxylic acids is 1. The van der Waals surface area contributed by atoms with Crippen molar-refractivity contribution in [1.82, 2.24) is 9.88 Å². The van der Waals surface area contributed by atoms with Crippen molar-refractivity contribution in [2.24, 2.45) is 11.7 Å². The Morgan fingerprint density at radius 2 is 2.14 bits per heavy atom. The average molecular weight is 303 g/mol. The summed E-state index contributed by atoms with van der Waals surface area (Å²) < 4.78 is 0. The Morgan fingerprint density at radius 3 is 2.86 bits per heavy atom. The van der Waals surface area contributed by atoms with E-state index in [9.17, 15) is 9.59 Å². The minimum absolute atomic E-state index is 0.142. The third-order valence-electron chi connectivity index (χ3n) is 5.07. The number of pyridine rings is 1. The minimum atomic E-state index is -0.242. The normalized spacial score (nSPS) is 24.9. The maximum absolute atomic E-state index is 12.8. The maximum atomic E-state index is 12.8. The number of hydrogen-bond acceptors (Lipinski definition) is 3. The summed E-state index contributed by atoms with van der Waals surface area (Å²) in [6, 6.07) is 1.99. The second-order valence-corrected chi connectivity index (χ2v) is 6.72. The van der Waals surface area contributed by atoms with E-state index in [4.69, 9.17) is 5.73 Å². The molecule has 0 radical (unpaired) electrons. The molecule has 3 N–H and O–H groups in total. The van der Waals surface area contributed by atoms with Crippen LogP contribution in [0.1, 0.15) is 54.2 Å². The second kappa shape index (κ2) is 6.24. The van der Waals surface area contributed by atoms with Crippen LogP contribution in [0.25, 0.3) is 0 Å². The quantitative estimate of drug-likeness (QED) is 0.812. The lowest BCUT2D eigenvalue weighted by atomic mass is 10.1. The highest BCUT2D eigenvalue weighted by Crippen LogP contribution is 2.24. The number of aromatic nitrogens is 1. The van der Waals surface area contributed by atoms with Gasteiger partial charge in [-0.25, -0.2) is 0 Å². The Labute approximate surface area is 130 Å². The molecule has 3 rings (SSSR count). The number of likely N-dealkylation sites (tertiary alicyclic amines) is 1. The number of rotatable bonds is 2. The van der Waals surface area contributed by atoms with E-state index >= 15 is 0 Å². The molecule has 1 aliphatic heterocycles. The van der Waals surface area contributed by atoms with E-state index in [1.807, 2.05) is 17.9 Å². The van der Waals surface area contributed by atoms with Crippen molar-refractivity contribution < 1.29 is 4.79 Å². The molecule has 1 aromatic rings. The first kappa shape index (κ1) is 15.3. The highest BCUT2D eigenvalue weighted by Gasteiger charge is 2.33. The van der Waals surface area contributed by atoms with Gasteiger partial charge in [0, 0.05) is 18.3 Å². The molecule has 0 saturated carbocycles. The monoisotopic (exact) mass is 303 g/mol. The van der Waals surface area contributed by atoms with Crippen LogP contribution < -0.4 is 11.3 Å². The van der Waals surface area contributed by atoms with Gasteiger partial charge in [0.15, 0.2) is 0 Å². The lowest BCUT2D eigenvalue weighted by molar-refractivity contribution is 0.0741. The van der Waals surface area contributed by atoms with E-state index in [-0.39, 0.29) is 17.5 Å². The predicted molar refractivity (Wildman–Crippen MR) is 86.0 cm³/mol. The number of carbonyl (C=O) groups is 1. The zero-order chi connectivity index (χ0) is 15.7. The number of hydrogen-bond donors (Lipinski definition) is 2. The topological polar surface area (TPSA) is 79.2 Å². The summed E-state index contributed by atoms with van der Waals surface area (Å²) in [6.07, 6.45) is 6.20. The Kier molecular flexibility index (Phi) is 4.34. The van der Waals surface area contributed by atoms with Crippen molar-refractivity contribution in [3.05, 3.63) is 33.2 Å². The fraction of sp³-hybridized carbons (Fsp3) is 0.647. The summed E-state index contributed by atoms with van der Waals surface area (Å²) in [7, 11) is 0. The molecular weight excluding hydrogens is 278 g/mol. The molecule has 120 valence electrons. The number of H-pyrrole nitrogens is 1. The number of fused-ring (bicyclic) bond motifs is 1. The molecule has 1 saturated heterocycles. The smallest absolute Gasteiger partial charge is 0.261 e. The first-order valence-corrected chi connectivity index (χ1v) is 8.36. The van der Waals surface area contributed by atoms with Crippen LogP contribution in [0.5, 0.6) is 0 Å². The number of nitrogens with two attached hydrogens (primary N) is 1. The Balaban J connectivity index is 1.90. The lowest BCUT2D eigenvalue weighted by Crippen LogP contribution is -2.38. The molecule has 22 heavy (non-hydrogen) atoms. The highest BCUT2D eigenvalue weighted by molar-refractivity contribution is 5.94. The summed E-state index contributed by atoms with van der Waals surface area (Å²) in [5.41, 5.74) is 7.95. The largest absolute Gasteiger partial charge is 0.335 e. The van der Waals surface area contributed by atoms with Gasteiger partial charge in [-0.1, -0.05) is 6.42 Å². The third kappa shape index (κ3) is 2.82. The molecule has 0 aromatic carbocycles. The summed E-state index contributed by atoms with van der Waals surface area (Å²) in [6.45, 7) is 3.28. The van der Waals surface area contributed by atoms with Crippen LogP contribution >= 0.6 is 0 Å². The number of nitrogens with zero attached hydrogens (tertiary/aromatic N) is 1. The van der Waals surface area contributed by atoms with Crippen LogP contribution in [0.3, 0.4) is 0 Å². The van der Waals surface area contributed by atoms with Gasteiger partial charge in [-0.3, -0.25) is 9.59 Å². The maximum Gasteiger partial charge on any atom is 0.261 e. The van der Waals surface area contributed by atoms with Crippen molar-refractivity contribution in [2.75, 3.05) is 13.1 Å². The summed E-state index contributed by atoms with van der Waals surface area (Å²) in [5.74, 6) is 0.204. The molecule has 1 amide bonds. The zero-order valence-corrected chi connectivity index (χ0v) is 13.2. The van der Waals surface area contributed by atoms with Gasteiger partial charge in [-0.2, -0.15) is 0 Å². The van der Waals surface area contributed by atoms with Crippen molar-refractivity contribution in [2.45, 2.75) is 51.5 Å². The van der Waals surface area contributed by atoms with Gasteiger partial charge in [-0.05, 0) is 63.1 Å². The van der Waals surface area contributed by atoms with E-state index in [1.165, 1.54) is 6.42 Å². The minimum Gasteiger partial charge on any atom is -0.335 e. The van der Waals surface area contributed by atoms with Gasteiger partial charge in [0.05, 0.1) is 0 Å². The van der Waals surface area contributed by atoms with Gasteiger partial charge in [0.1, 0.15) is 5.56 Å². The van der Waals surface area contributed by atoms with Crippen molar-refractivity contribution in [3.63, 3.8) is 0 Å². The average Bonchev–Trinajstić information content (AvgIpc) is 2.74. The fourth-order valence-electron chi connectivity index (χ4n) is 3.76. The molecule has 2 unspecified atom stereocenters. The molecule has 2 atom stereocenters. The Morgan fingerprint density at radius 1 is 1.36 bits per heavy atom. The van der Waals surface area contributed by atoms with E-state index < -0.39 is 0 Å². The van der Waals surface area contributed by atoms with Crippen LogP contribution in [-0.4, -0.2) is 34.9 Å². The van der Waals surface area contributed by atoms with Crippen LogP contribution in [0, 0.1) is 5.92 Å². The van der Waals surface area contributed by atoms with Crippen LogP contribution in [-0.2, 0) is 12.8 Å². The number of aryl methyl sites for hydroxylation is 2. The lowest BCUT2D eigenvalue weighted by Gasteiger charge is -2.21. The third-order valence-corrected chi connectivity index (χ3v) is 5.07. The predicted octanol–water partition coefficient (Wildman–Crippen LogP) is 1.45. The standard InChI is InChI=1S/C17H25N3O2/c1-11-7-12(9-18)10-20(11)17(22)14-8-13-5-3-2-4-6-15(13)19-16(14)21/h8,11-12H,2-7,9-10,18H2,1H3,(H,19,21). The molecule has 2 heterocycles. The molecule has 0 spiro atoms. The van der Waals surface area contributed by atoms with E-state index in [2.05, 4.69) is 4.98 Å². The molecule has 5 heteroatoms. The molecule has 1 fully saturated rings. The molecule has 2 aliphatic rings. The molecule has 1 aliphatic carbocycles. The van der Waals surface area contributed by atoms with Crippen molar-refractivity contribution in [1.29, 1.82) is 0 Å². The summed E-state index contributed by atoms with van der Waals surface area (Å²) >= 11 is 0. The highest BCUT2D eigenvalue weighted by atomic mass is 16.2. The fourth-order valence-corrected chi connectivity index (χ4v) is 3.76. The molecule has 0 bridgehead atoms. The van der Waals surface area contributed by atoms with Crippen molar-refractivity contribution >= 4 is 5.91 Å². The van der Waals surface area contributed by atoms with Gasteiger partial charge < -0.3 is 15.6 Å². The van der Waals surface area contributed by atoms with Gasteiger partial charge >= 0.3 is 0 Å². The Hall–Kier alpha value is -1.62. The van der Waals surface area contributed by atoms with Crippen LogP contribution in [0.4, 0.5) is 0 Å². The van der Waals surface area contributed by atoms with E-state index in [0.717, 1.165) is 43.4 Å². The van der Waals surface area contributed by atoms with Crippen LogP contribution in [0.15, 0.2) is 10.9 Å². The van der Waals surface area contributed by atoms with Crippen LogP contribution in [0.2, 0.25) is 0 Å². The number of aromatic amines is 1. The summed E-state index contributed by atoms with van der Waals surface area (Å²) in [4.78, 5) is 29.9. The van der Waals surface area contributed by atoms with E-state index in [1.54, 1.807) is 0 Å². The second-order valence-electron chi connectivity index (χ2n) is 6.72. The number of nitrogens with one attached hydrogen (secondary N) is 1. The first-order valence-electron chi connectivity index (χ1n) is 8.36. The molecule has 5 nitrogen and oxygen atoms in total. The molecule has 1 aromatic heterocycles.